The van der Waals surface area contributed by atoms with Gasteiger partial charge in [0.05, 0.1) is 43.1 Å². The lowest BCUT2D eigenvalue weighted by atomic mass is 9.82. The van der Waals surface area contributed by atoms with Crippen LogP contribution in [0.4, 0.5) is 4.79 Å². The van der Waals surface area contributed by atoms with Crippen LogP contribution in [0, 0.1) is 25.2 Å². The molecule has 3 heterocycles. The maximum Gasteiger partial charge on any atom is 0.410 e. The molecule has 15 heteroatoms. The molecule has 0 unspecified atom stereocenters. The number of hydrogen-bond acceptors (Lipinski definition) is 12. The lowest BCUT2D eigenvalue weighted by Gasteiger charge is -2.48. The molecule has 49 heavy (non-hydrogen) atoms. The summed E-state index contributed by atoms with van der Waals surface area (Å²) >= 11 is 0. The highest BCUT2D eigenvalue weighted by molar-refractivity contribution is 5.94. The normalized spacial score (nSPS) is 28.8. The third kappa shape index (κ3) is 8.99. The molecule has 3 amide bonds. The molecule has 3 aliphatic heterocycles. The Balaban J connectivity index is 1.47. The second kappa shape index (κ2) is 15.2. The van der Waals surface area contributed by atoms with Gasteiger partial charge in [-0.3, -0.25) is 14.5 Å². The highest BCUT2D eigenvalue weighted by Gasteiger charge is 2.53. The van der Waals surface area contributed by atoms with Crippen LogP contribution in [-0.2, 0) is 19.0 Å². The molecule has 0 aromatic heterocycles. The summed E-state index contributed by atoms with van der Waals surface area (Å²) in [7, 11) is 0. The smallest absolute Gasteiger partial charge is 0.410 e. The van der Waals surface area contributed by atoms with Gasteiger partial charge in [-0.05, 0) is 64.3 Å². The van der Waals surface area contributed by atoms with Gasteiger partial charge in [-0.2, -0.15) is 5.26 Å². The van der Waals surface area contributed by atoms with E-state index in [0.29, 0.717) is 56.9 Å². The van der Waals surface area contributed by atoms with Crippen LogP contribution in [0.2, 0.25) is 0 Å². The second-order valence-corrected chi connectivity index (χ2v) is 14.6. The van der Waals surface area contributed by atoms with Crippen molar-refractivity contribution in [2.75, 3.05) is 45.9 Å². The van der Waals surface area contributed by atoms with Gasteiger partial charge in [-0.1, -0.05) is 0 Å². The van der Waals surface area contributed by atoms with Crippen LogP contribution in [0.3, 0.4) is 0 Å². The number of amides is 3. The number of nitrogens with zero attached hydrogens (tertiary/aromatic N) is 3. The summed E-state index contributed by atoms with van der Waals surface area (Å²) in [5, 5.41) is 59.1. The zero-order valence-electron chi connectivity index (χ0n) is 29.2. The van der Waals surface area contributed by atoms with E-state index in [1.54, 1.807) is 18.7 Å². The number of nitriles is 1. The summed E-state index contributed by atoms with van der Waals surface area (Å²) in [4.78, 5) is 41.6. The van der Waals surface area contributed by atoms with E-state index in [9.17, 15) is 40.1 Å². The molecule has 3 saturated heterocycles. The minimum Gasteiger partial charge on any atom is -0.507 e. The van der Waals surface area contributed by atoms with Gasteiger partial charge >= 0.3 is 6.09 Å². The van der Waals surface area contributed by atoms with Crippen LogP contribution in [-0.4, -0.2) is 141 Å². The second-order valence-electron chi connectivity index (χ2n) is 14.6. The number of benzene rings is 1. The number of aromatic hydroxyl groups is 1. The SMILES string of the molecule is CC(=O)N[C@H]1[C@H]([C@H](O)[C@H](O)CNC(=O)c2cc(C)c(O)c(C)c2)O[C@](C#N)(CCN2CCOC[C@@]23CCN(C(=O)OC(C)(C)C)C3)C[C@@H]1O. The summed E-state index contributed by atoms with van der Waals surface area (Å²) < 4.78 is 17.7. The highest BCUT2D eigenvalue weighted by Crippen LogP contribution is 2.37. The van der Waals surface area contributed by atoms with E-state index in [1.807, 2.05) is 20.8 Å². The molecule has 0 aliphatic carbocycles. The van der Waals surface area contributed by atoms with Crippen molar-refractivity contribution in [3.05, 3.63) is 28.8 Å². The Morgan fingerprint density at radius 2 is 1.86 bits per heavy atom. The van der Waals surface area contributed by atoms with E-state index in [4.69, 9.17) is 14.2 Å². The zero-order valence-corrected chi connectivity index (χ0v) is 29.2. The molecule has 15 nitrogen and oxygen atoms in total. The van der Waals surface area contributed by atoms with Crippen molar-refractivity contribution >= 4 is 17.9 Å². The zero-order chi connectivity index (χ0) is 36.3. The Labute approximate surface area is 287 Å². The van der Waals surface area contributed by atoms with Crippen LogP contribution >= 0.6 is 0 Å². The maximum absolute atomic E-state index is 12.8. The van der Waals surface area contributed by atoms with Gasteiger partial charge in [0.25, 0.3) is 5.91 Å². The molecule has 0 radical (unpaired) electrons. The monoisotopic (exact) mass is 689 g/mol. The van der Waals surface area contributed by atoms with Crippen molar-refractivity contribution in [3.63, 3.8) is 0 Å². The van der Waals surface area contributed by atoms with Gasteiger partial charge in [-0.25, -0.2) is 4.79 Å². The summed E-state index contributed by atoms with van der Waals surface area (Å²) in [5.74, 6) is -0.996. The Morgan fingerprint density at radius 3 is 2.47 bits per heavy atom. The van der Waals surface area contributed by atoms with Crippen LogP contribution in [0.5, 0.6) is 5.75 Å². The fraction of sp³-hybridized carbons (Fsp3) is 0.706. The molecule has 4 rings (SSSR count). The van der Waals surface area contributed by atoms with Crippen LogP contribution in [0.25, 0.3) is 0 Å². The number of rotatable bonds is 9. The third-order valence-corrected chi connectivity index (χ3v) is 9.52. The highest BCUT2D eigenvalue weighted by atomic mass is 16.6. The summed E-state index contributed by atoms with van der Waals surface area (Å²) in [6.45, 7) is 12.1. The number of phenols is 1. The van der Waals surface area contributed by atoms with E-state index in [0.717, 1.165) is 0 Å². The summed E-state index contributed by atoms with van der Waals surface area (Å²) in [5.41, 5.74) is -1.52. The lowest BCUT2D eigenvalue weighted by Crippen LogP contribution is -2.66. The first kappa shape index (κ1) is 38.3. The largest absolute Gasteiger partial charge is 0.507 e. The number of aryl methyl sites for hydroxylation is 2. The molecule has 6 N–H and O–H groups in total. The van der Waals surface area contributed by atoms with Crippen LogP contribution in [0.15, 0.2) is 12.1 Å². The van der Waals surface area contributed by atoms with E-state index in [-0.39, 0.29) is 24.2 Å². The topological polar surface area (TPSA) is 214 Å². The third-order valence-electron chi connectivity index (χ3n) is 9.52. The van der Waals surface area contributed by atoms with Gasteiger partial charge in [-0.15, -0.1) is 0 Å². The fourth-order valence-electron chi connectivity index (χ4n) is 6.92. The number of carbonyl (C=O) groups excluding carboxylic acids is 3. The van der Waals surface area contributed by atoms with Gasteiger partial charge in [0.1, 0.15) is 23.6 Å². The number of ether oxygens (including phenoxy) is 3. The molecule has 7 atom stereocenters. The molecule has 1 spiro atoms. The molecule has 1 aromatic rings. The van der Waals surface area contributed by atoms with E-state index in [1.165, 1.54) is 19.1 Å². The average molecular weight is 690 g/mol. The number of morpholine rings is 1. The number of carbonyl (C=O) groups is 3. The first-order valence-electron chi connectivity index (χ1n) is 16.7. The van der Waals surface area contributed by atoms with Crippen LogP contribution < -0.4 is 10.6 Å². The molecule has 0 bridgehead atoms. The van der Waals surface area contributed by atoms with Crippen molar-refractivity contribution < 1.29 is 49.0 Å². The van der Waals surface area contributed by atoms with Crippen molar-refractivity contribution in [3.8, 4) is 11.8 Å². The Morgan fingerprint density at radius 1 is 1.18 bits per heavy atom. The number of nitrogens with one attached hydrogen (secondary N) is 2. The van der Waals surface area contributed by atoms with Crippen molar-refractivity contribution in [1.82, 2.24) is 20.4 Å². The minimum atomic E-state index is -1.73. The molecule has 0 saturated carbocycles. The van der Waals surface area contributed by atoms with Gasteiger partial charge in [0.2, 0.25) is 5.91 Å². The number of likely N-dealkylation sites (tertiary alicyclic amines) is 1. The number of aliphatic hydroxyl groups is 3. The van der Waals surface area contributed by atoms with E-state index >= 15 is 0 Å². The van der Waals surface area contributed by atoms with Crippen molar-refractivity contribution in [1.29, 1.82) is 5.26 Å². The predicted molar refractivity (Wildman–Crippen MR) is 176 cm³/mol. The van der Waals surface area contributed by atoms with Crippen LogP contribution in [0.1, 0.15) is 68.4 Å². The standard InChI is InChI=1S/C34H51N5O10/c1-20-13-23(14-21(2)27(20)43)30(45)36-16-25(42)28(44)29-26(37-22(3)40)24(41)15-34(17-35,48-29)8-10-39-11-12-47-19-33(39)7-9-38(18-33)31(46)49-32(4,5)6/h13-14,24-26,28-29,41-44H,7-12,15-16,18-19H2,1-6H3,(H,36,45)(H,37,40)/t24-,25+,26+,28+,29+,33-,34+/m0/s1. The first-order valence-corrected chi connectivity index (χ1v) is 16.7. The predicted octanol–water partition coefficient (Wildman–Crippen LogP) is 0.479. The molecule has 272 valence electrons. The molecule has 3 fully saturated rings. The molecule has 1 aromatic carbocycles. The molecule has 3 aliphatic rings. The lowest BCUT2D eigenvalue weighted by molar-refractivity contribution is -0.204. The van der Waals surface area contributed by atoms with E-state index in [2.05, 4.69) is 21.6 Å². The molecular weight excluding hydrogens is 638 g/mol. The first-order chi connectivity index (χ1) is 22.9. The van der Waals surface area contributed by atoms with Crippen molar-refractivity contribution in [2.45, 2.75) is 108 Å². The summed E-state index contributed by atoms with van der Waals surface area (Å²) in [6.07, 6.45) is -5.91. The van der Waals surface area contributed by atoms with Gasteiger partial charge in [0, 0.05) is 58.1 Å². The van der Waals surface area contributed by atoms with E-state index < -0.39 is 71.7 Å². The van der Waals surface area contributed by atoms with Gasteiger partial charge in [0.15, 0.2) is 5.60 Å². The Hall–Kier alpha value is -3.52. The minimum absolute atomic E-state index is 0.0693. The number of hydrogen-bond donors (Lipinski definition) is 6. The fourth-order valence-corrected chi connectivity index (χ4v) is 6.92. The Bertz CT molecular complexity index is 1410. The van der Waals surface area contributed by atoms with Gasteiger partial charge < -0.3 is 50.2 Å². The number of phenolic OH excluding ortho intramolecular Hbond substituents is 1. The maximum atomic E-state index is 12.8. The number of aliphatic hydroxyl groups excluding tert-OH is 3. The molecular formula is C34H51N5O10. The summed E-state index contributed by atoms with van der Waals surface area (Å²) in [6, 6.07) is 4.01. The van der Waals surface area contributed by atoms with Crippen molar-refractivity contribution in [2.24, 2.45) is 0 Å². The quantitative estimate of drug-likeness (QED) is 0.209. The Kier molecular flexibility index (Phi) is 11.8. The average Bonchev–Trinajstić information content (AvgIpc) is 3.46.